The molecule has 32 heavy (non-hydrogen) atoms. The van der Waals surface area contributed by atoms with E-state index in [2.05, 4.69) is 33.0 Å². The third kappa shape index (κ3) is 6.10. The molecule has 0 aliphatic rings. The second-order valence-corrected chi connectivity index (χ2v) is 8.34. The van der Waals surface area contributed by atoms with Crippen molar-refractivity contribution in [1.82, 2.24) is 25.4 Å². The van der Waals surface area contributed by atoms with Crippen LogP contribution in [-0.2, 0) is 17.8 Å². The number of ether oxygens (including phenoxy) is 1. The fourth-order valence-electron chi connectivity index (χ4n) is 3.05. The summed E-state index contributed by atoms with van der Waals surface area (Å²) in [5.41, 5.74) is 2.09. The van der Waals surface area contributed by atoms with Crippen LogP contribution in [0.15, 0.2) is 59.8 Å². The first-order valence-electron chi connectivity index (χ1n) is 10.4. The second kappa shape index (κ2) is 11.3. The number of imide groups is 1. The first-order valence-corrected chi connectivity index (χ1v) is 11.3. The van der Waals surface area contributed by atoms with Crippen molar-refractivity contribution < 1.29 is 14.3 Å². The van der Waals surface area contributed by atoms with Gasteiger partial charge >= 0.3 is 6.03 Å². The molecule has 0 radical (unpaired) electrons. The fraction of sp³-hybridized carbons (Fsp3) is 0.304. The normalized spacial score (nSPS) is 11.6. The van der Waals surface area contributed by atoms with Crippen molar-refractivity contribution in [2.45, 2.75) is 37.2 Å². The van der Waals surface area contributed by atoms with Crippen LogP contribution in [0.2, 0.25) is 0 Å². The molecular formula is C23H27N5O3S. The highest BCUT2D eigenvalue weighted by atomic mass is 32.2. The molecular weight excluding hydrogens is 426 g/mol. The topological polar surface area (TPSA) is 98.1 Å². The molecule has 168 valence electrons. The molecule has 3 rings (SSSR count). The van der Waals surface area contributed by atoms with Crippen LogP contribution in [0.25, 0.3) is 11.4 Å². The van der Waals surface area contributed by atoms with Crippen LogP contribution >= 0.6 is 11.8 Å². The number of rotatable bonds is 9. The Morgan fingerprint density at radius 1 is 1.09 bits per heavy atom. The standard InChI is InChI=1S/C23H27N5O3S/c1-4-24-22(30)25-21(29)16(2)32-23-27-26-20(18-10-12-19(31-3)13-11-18)28(23)15-14-17-8-6-5-7-9-17/h5-13,16H,4,14-15H2,1-3H3,(H2,24,25,29,30)/t16-/m1/s1. The number of methoxy groups -OCH3 is 1. The molecule has 2 aromatic carbocycles. The van der Waals surface area contributed by atoms with Gasteiger partial charge in [0, 0.05) is 18.7 Å². The van der Waals surface area contributed by atoms with Crippen molar-refractivity contribution in [3.05, 3.63) is 60.2 Å². The van der Waals surface area contributed by atoms with Gasteiger partial charge in [-0.2, -0.15) is 0 Å². The lowest BCUT2D eigenvalue weighted by Gasteiger charge is -2.14. The van der Waals surface area contributed by atoms with Gasteiger partial charge in [-0.05, 0) is 50.1 Å². The summed E-state index contributed by atoms with van der Waals surface area (Å²) in [6.07, 6.45) is 0.787. The van der Waals surface area contributed by atoms with E-state index >= 15 is 0 Å². The number of carbonyl (C=O) groups is 2. The van der Waals surface area contributed by atoms with Crippen LogP contribution in [-0.4, -0.2) is 45.6 Å². The molecule has 0 saturated heterocycles. The number of nitrogens with one attached hydrogen (secondary N) is 2. The smallest absolute Gasteiger partial charge is 0.321 e. The lowest BCUT2D eigenvalue weighted by Crippen LogP contribution is -2.42. The minimum absolute atomic E-state index is 0.385. The molecule has 0 unspecified atom stereocenters. The van der Waals surface area contributed by atoms with Gasteiger partial charge < -0.3 is 14.6 Å². The van der Waals surface area contributed by atoms with Crippen molar-refractivity contribution in [1.29, 1.82) is 0 Å². The number of benzene rings is 2. The number of nitrogens with zero attached hydrogens (tertiary/aromatic N) is 3. The monoisotopic (exact) mass is 453 g/mol. The molecule has 3 amide bonds. The van der Waals surface area contributed by atoms with Crippen molar-refractivity contribution in [3.63, 3.8) is 0 Å². The average Bonchev–Trinajstić information content (AvgIpc) is 3.20. The van der Waals surface area contributed by atoms with Crippen LogP contribution in [0.1, 0.15) is 19.4 Å². The van der Waals surface area contributed by atoms with Crippen LogP contribution in [0.4, 0.5) is 4.79 Å². The number of aryl methyl sites for hydroxylation is 1. The van der Waals surface area contributed by atoms with Gasteiger partial charge in [0.05, 0.1) is 12.4 Å². The predicted octanol–water partition coefficient (Wildman–Crippen LogP) is 3.52. The van der Waals surface area contributed by atoms with Gasteiger partial charge in [-0.25, -0.2) is 4.79 Å². The second-order valence-electron chi connectivity index (χ2n) is 7.03. The molecule has 0 aliphatic heterocycles. The maximum absolute atomic E-state index is 12.4. The van der Waals surface area contributed by atoms with Crippen LogP contribution in [0.3, 0.4) is 0 Å². The summed E-state index contributed by atoms with van der Waals surface area (Å²) in [7, 11) is 1.62. The molecule has 0 spiro atoms. The summed E-state index contributed by atoms with van der Waals surface area (Å²) in [6.45, 7) is 4.62. The zero-order valence-corrected chi connectivity index (χ0v) is 19.2. The van der Waals surface area contributed by atoms with E-state index in [0.717, 1.165) is 17.7 Å². The highest BCUT2D eigenvalue weighted by Gasteiger charge is 2.22. The number of amides is 3. The number of urea groups is 1. The molecule has 9 heteroatoms. The SMILES string of the molecule is CCNC(=O)NC(=O)[C@@H](C)Sc1nnc(-c2ccc(OC)cc2)n1CCc1ccccc1. The summed E-state index contributed by atoms with van der Waals surface area (Å²) < 4.78 is 7.26. The van der Waals surface area contributed by atoms with E-state index in [1.165, 1.54) is 17.3 Å². The summed E-state index contributed by atoms with van der Waals surface area (Å²) in [4.78, 5) is 24.1. The highest BCUT2D eigenvalue weighted by molar-refractivity contribution is 8.00. The summed E-state index contributed by atoms with van der Waals surface area (Å²) in [6, 6.07) is 17.3. The van der Waals surface area contributed by atoms with Gasteiger partial charge in [0.1, 0.15) is 5.75 Å². The lowest BCUT2D eigenvalue weighted by molar-refractivity contribution is -0.119. The zero-order valence-electron chi connectivity index (χ0n) is 18.4. The first-order chi connectivity index (χ1) is 15.5. The Morgan fingerprint density at radius 2 is 1.81 bits per heavy atom. The third-order valence-corrected chi connectivity index (χ3v) is 5.84. The van der Waals surface area contributed by atoms with Crippen molar-refractivity contribution in [3.8, 4) is 17.1 Å². The lowest BCUT2D eigenvalue weighted by atomic mass is 10.1. The van der Waals surface area contributed by atoms with Crippen LogP contribution < -0.4 is 15.4 Å². The Hall–Kier alpha value is -3.33. The Balaban J connectivity index is 1.83. The molecule has 1 aromatic heterocycles. The van der Waals surface area contributed by atoms with Gasteiger partial charge in [-0.1, -0.05) is 42.1 Å². The Morgan fingerprint density at radius 3 is 2.47 bits per heavy atom. The maximum Gasteiger partial charge on any atom is 0.321 e. The maximum atomic E-state index is 12.4. The average molecular weight is 454 g/mol. The fourth-order valence-corrected chi connectivity index (χ4v) is 3.92. The molecule has 1 heterocycles. The van der Waals surface area contributed by atoms with Gasteiger partial charge in [-0.15, -0.1) is 10.2 Å². The van der Waals surface area contributed by atoms with Gasteiger partial charge in [0.25, 0.3) is 0 Å². The van der Waals surface area contributed by atoms with E-state index in [-0.39, 0.29) is 5.91 Å². The zero-order chi connectivity index (χ0) is 22.9. The van der Waals surface area contributed by atoms with Crippen molar-refractivity contribution >= 4 is 23.7 Å². The quantitative estimate of drug-likeness (QED) is 0.481. The molecule has 0 aliphatic carbocycles. The van der Waals surface area contributed by atoms with E-state index in [1.54, 1.807) is 21.0 Å². The Bertz CT molecular complexity index is 1040. The minimum atomic E-state index is -0.527. The predicted molar refractivity (Wildman–Crippen MR) is 125 cm³/mol. The summed E-state index contributed by atoms with van der Waals surface area (Å²) in [5, 5.41) is 13.7. The highest BCUT2D eigenvalue weighted by Crippen LogP contribution is 2.28. The van der Waals surface area contributed by atoms with Crippen LogP contribution in [0.5, 0.6) is 5.75 Å². The molecule has 0 bridgehead atoms. The number of hydrogen-bond donors (Lipinski definition) is 2. The summed E-state index contributed by atoms with van der Waals surface area (Å²) >= 11 is 1.27. The van der Waals surface area contributed by atoms with Crippen molar-refractivity contribution in [2.24, 2.45) is 0 Å². The van der Waals surface area contributed by atoms with Gasteiger partial charge in [0.15, 0.2) is 11.0 Å². The van der Waals surface area contributed by atoms with Crippen molar-refractivity contribution in [2.75, 3.05) is 13.7 Å². The Labute approximate surface area is 191 Å². The third-order valence-electron chi connectivity index (χ3n) is 4.76. The molecule has 3 aromatic rings. The molecule has 1 atom stereocenters. The molecule has 0 fully saturated rings. The van der Waals surface area contributed by atoms with E-state index in [4.69, 9.17) is 4.74 Å². The van der Waals surface area contributed by atoms with E-state index in [1.807, 2.05) is 47.0 Å². The summed E-state index contributed by atoms with van der Waals surface area (Å²) in [5.74, 6) is 1.08. The largest absolute Gasteiger partial charge is 0.497 e. The first kappa shape index (κ1) is 23.3. The number of thioether (sulfide) groups is 1. The van der Waals surface area contributed by atoms with E-state index in [0.29, 0.717) is 24.1 Å². The Kier molecular flexibility index (Phi) is 8.27. The molecule has 8 nitrogen and oxygen atoms in total. The molecule has 0 saturated carbocycles. The minimum Gasteiger partial charge on any atom is -0.497 e. The number of aromatic nitrogens is 3. The van der Waals surface area contributed by atoms with Crippen LogP contribution in [0, 0.1) is 0 Å². The van der Waals surface area contributed by atoms with Gasteiger partial charge in [-0.3, -0.25) is 10.1 Å². The van der Waals surface area contributed by atoms with E-state index in [9.17, 15) is 9.59 Å². The number of hydrogen-bond acceptors (Lipinski definition) is 6. The van der Waals surface area contributed by atoms with Gasteiger partial charge in [0.2, 0.25) is 5.91 Å². The van der Waals surface area contributed by atoms with E-state index < -0.39 is 11.3 Å². The number of carbonyl (C=O) groups excluding carboxylic acids is 2. The molecule has 2 N–H and O–H groups in total.